The van der Waals surface area contributed by atoms with Gasteiger partial charge in [0.25, 0.3) is 5.56 Å². The normalized spacial score (nSPS) is 10.3. The van der Waals surface area contributed by atoms with Gasteiger partial charge in [-0.15, -0.1) is 0 Å². The zero-order valence-electron chi connectivity index (χ0n) is 10.8. The van der Waals surface area contributed by atoms with Gasteiger partial charge in [0, 0.05) is 5.56 Å². The maximum Gasteiger partial charge on any atom is 0.287 e. The van der Waals surface area contributed by atoms with Crippen molar-refractivity contribution in [2.45, 2.75) is 6.92 Å². The summed E-state index contributed by atoms with van der Waals surface area (Å²) in [5.74, 6) is 0.478. The van der Waals surface area contributed by atoms with E-state index in [1.165, 1.54) is 21.1 Å². The molecule has 2 rings (SSSR count). The third kappa shape index (κ3) is 2.42. The van der Waals surface area contributed by atoms with E-state index in [0.717, 1.165) is 0 Å². The molecule has 0 spiro atoms. The van der Waals surface area contributed by atoms with E-state index >= 15 is 0 Å². The predicted molar refractivity (Wildman–Crippen MR) is 68.1 cm³/mol. The molecule has 0 aliphatic heterocycles. The minimum absolute atomic E-state index is 0.0496. The van der Waals surface area contributed by atoms with E-state index in [9.17, 15) is 9.18 Å². The number of nitrogens with zero attached hydrogens (tertiary/aromatic N) is 1. The molecule has 0 bridgehead atoms. The van der Waals surface area contributed by atoms with Gasteiger partial charge in [-0.05, 0) is 25.1 Å². The second kappa shape index (κ2) is 5.09. The van der Waals surface area contributed by atoms with Crippen molar-refractivity contribution in [3.63, 3.8) is 0 Å². The van der Waals surface area contributed by atoms with Crippen LogP contribution in [-0.2, 0) is 0 Å². The van der Waals surface area contributed by atoms with Crippen LogP contribution < -0.4 is 15.0 Å². The van der Waals surface area contributed by atoms with Gasteiger partial charge in [0.05, 0.1) is 19.9 Å². The largest absolute Gasteiger partial charge is 0.493 e. The lowest BCUT2D eigenvalue weighted by molar-refractivity contribution is 0.355. The first-order valence-corrected chi connectivity index (χ1v) is 5.55. The standard InChI is InChI=1S/C13H13FN2O3/c1-7-11(14)13(17)16-12(15-7)8-4-5-9(18-2)10(6-8)19-3/h4-6H,1-3H3,(H,15,16,17). The fourth-order valence-electron chi connectivity index (χ4n) is 1.69. The average Bonchev–Trinajstić information content (AvgIpc) is 2.43. The van der Waals surface area contributed by atoms with Gasteiger partial charge in [-0.3, -0.25) is 4.79 Å². The van der Waals surface area contributed by atoms with Crippen molar-refractivity contribution < 1.29 is 13.9 Å². The van der Waals surface area contributed by atoms with Crippen LogP contribution in [0.15, 0.2) is 23.0 Å². The summed E-state index contributed by atoms with van der Waals surface area (Å²) in [7, 11) is 3.04. The molecule has 0 radical (unpaired) electrons. The molecule has 5 nitrogen and oxygen atoms in total. The van der Waals surface area contributed by atoms with Gasteiger partial charge in [-0.1, -0.05) is 0 Å². The van der Waals surface area contributed by atoms with Gasteiger partial charge in [-0.2, -0.15) is 4.39 Å². The average molecular weight is 264 g/mol. The Bertz CT molecular complexity index is 667. The van der Waals surface area contributed by atoms with Crippen molar-refractivity contribution in [1.82, 2.24) is 9.97 Å². The number of aromatic nitrogens is 2. The zero-order valence-corrected chi connectivity index (χ0v) is 10.8. The highest BCUT2D eigenvalue weighted by Crippen LogP contribution is 2.30. The fourth-order valence-corrected chi connectivity index (χ4v) is 1.69. The third-order valence-electron chi connectivity index (χ3n) is 2.69. The number of hydrogen-bond acceptors (Lipinski definition) is 4. The number of benzene rings is 1. The molecule has 0 amide bonds. The van der Waals surface area contributed by atoms with Gasteiger partial charge in [-0.25, -0.2) is 4.98 Å². The second-order valence-electron chi connectivity index (χ2n) is 3.88. The van der Waals surface area contributed by atoms with Crippen LogP contribution in [0.2, 0.25) is 0 Å². The van der Waals surface area contributed by atoms with E-state index in [-0.39, 0.29) is 11.5 Å². The molecule has 1 N–H and O–H groups in total. The SMILES string of the molecule is COc1ccc(-c2nc(C)c(F)c(=O)[nH]2)cc1OC. The molecular formula is C13H13FN2O3. The Morgan fingerprint density at radius 3 is 2.47 bits per heavy atom. The van der Waals surface area contributed by atoms with Crippen molar-refractivity contribution in [3.05, 3.63) is 40.1 Å². The number of rotatable bonds is 3. The molecule has 0 fully saturated rings. The lowest BCUT2D eigenvalue weighted by Crippen LogP contribution is -2.15. The summed E-state index contributed by atoms with van der Waals surface area (Å²) in [4.78, 5) is 17.8. The Balaban J connectivity index is 2.56. The lowest BCUT2D eigenvalue weighted by atomic mass is 10.2. The quantitative estimate of drug-likeness (QED) is 0.919. The molecule has 19 heavy (non-hydrogen) atoms. The topological polar surface area (TPSA) is 64.2 Å². The van der Waals surface area contributed by atoms with E-state index in [1.54, 1.807) is 18.2 Å². The van der Waals surface area contributed by atoms with Gasteiger partial charge in [0.15, 0.2) is 11.5 Å². The van der Waals surface area contributed by atoms with Gasteiger partial charge < -0.3 is 14.5 Å². The number of aryl methyl sites for hydroxylation is 1. The number of halogens is 1. The molecule has 1 aromatic carbocycles. The van der Waals surface area contributed by atoms with Crippen LogP contribution in [0, 0.1) is 12.7 Å². The Morgan fingerprint density at radius 1 is 1.21 bits per heavy atom. The zero-order chi connectivity index (χ0) is 14.0. The van der Waals surface area contributed by atoms with Crippen molar-refractivity contribution >= 4 is 0 Å². The van der Waals surface area contributed by atoms with Crippen LogP contribution in [0.3, 0.4) is 0 Å². The maximum atomic E-state index is 13.2. The van der Waals surface area contributed by atoms with E-state index in [0.29, 0.717) is 17.1 Å². The highest BCUT2D eigenvalue weighted by molar-refractivity contribution is 5.61. The summed E-state index contributed by atoms with van der Waals surface area (Å²) in [6.45, 7) is 1.44. The van der Waals surface area contributed by atoms with Crippen molar-refractivity contribution in [1.29, 1.82) is 0 Å². The molecule has 0 saturated heterocycles. The molecule has 0 unspecified atom stereocenters. The first kappa shape index (κ1) is 13.1. The Kier molecular flexibility index (Phi) is 3.50. The van der Waals surface area contributed by atoms with Crippen molar-refractivity contribution in [2.75, 3.05) is 14.2 Å². The van der Waals surface area contributed by atoms with E-state index < -0.39 is 11.4 Å². The molecule has 1 heterocycles. The summed E-state index contributed by atoms with van der Waals surface area (Å²) < 4.78 is 23.5. The monoisotopic (exact) mass is 264 g/mol. The van der Waals surface area contributed by atoms with Crippen LogP contribution in [0.1, 0.15) is 5.69 Å². The van der Waals surface area contributed by atoms with Crippen molar-refractivity contribution in [3.8, 4) is 22.9 Å². The molecule has 0 aliphatic carbocycles. The summed E-state index contributed by atoms with van der Waals surface area (Å²) in [6.07, 6.45) is 0. The number of nitrogens with one attached hydrogen (secondary N) is 1. The van der Waals surface area contributed by atoms with Crippen molar-refractivity contribution in [2.24, 2.45) is 0 Å². The summed E-state index contributed by atoms with van der Waals surface area (Å²) >= 11 is 0. The summed E-state index contributed by atoms with van der Waals surface area (Å²) in [5, 5.41) is 0. The van der Waals surface area contributed by atoms with Gasteiger partial charge in [0.2, 0.25) is 5.82 Å². The number of methoxy groups -OCH3 is 2. The summed E-state index contributed by atoms with van der Waals surface area (Å²) in [5.41, 5.74) is -0.135. The van der Waals surface area contributed by atoms with Crippen LogP contribution in [-0.4, -0.2) is 24.2 Å². The smallest absolute Gasteiger partial charge is 0.287 e. The molecule has 6 heteroatoms. The summed E-state index contributed by atoms with van der Waals surface area (Å²) in [6, 6.07) is 5.05. The number of hydrogen-bond donors (Lipinski definition) is 1. The molecule has 2 aromatic rings. The van der Waals surface area contributed by atoms with Crippen LogP contribution in [0.4, 0.5) is 4.39 Å². The minimum atomic E-state index is -0.871. The van der Waals surface area contributed by atoms with E-state index in [4.69, 9.17) is 9.47 Å². The predicted octanol–water partition coefficient (Wildman–Crippen LogP) is 1.90. The third-order valence-corrected chi connectivity index (χ3v) is 2.69. The Morgan fingerprint density at radius 2 is 1.89 bits per heavy atom. The Hall–Kier alpha value is -2.37. The highest BCUT2D eigenvalue weighted by Gasteiger charge is 2.11. The van der Waals surface area contributed by atoms with Crippen LogP contribution in [0.25, 0.3) is 11.4 Å². The fraction of sp³-hybridized carbons (Fsp3) is 0.231. The van der Waals surface area contributed by atoms with Crippen LogP contribution >= 0.6 is 0 Å². The molecule has 100 valence electrons. The number of ether oxygens (including phenoxy) is 2. The van der Waals surface area contributed by atoms with E-state index in [2.05, 4.69) is 9.97 Å². The highest BCUT2D eigenvalue weighted by atomic mass is 19.1. The lowest BCUT2D eigenvalue weighted by Gasteiger charge is -2.09. The van der Waals surface area contributed by atoms with E-state index in [1.807, 2.05) is 0 Å². The molecule has 0 saturated carbocycles. The first-order valence-electron chi connectivity index (χ1n) is 5.55. The minimum Gasteiger partial charge on any atom is -0.493 e. The molecule has 0 atom stereocenters. The van der Waals surface area contributed by atoms with Gasteiger partial charge in [0.1, 0.15) is 5.82 Å². The molecular weight excluding hydrogens is 251 g/mol. The Labute approximate surface area is 109 Å². The molecule has 0 aliphatic rings. The molecule has 1 aromatic heterocycles. The number of aromatic amines is 1. The maximum absolute atomic E-state index is 13.2. The second-order valence-corrected chi connectivity index (χ2v) is 3.88. The first-order chi connectivity index (χ1) is 9.06. The van der Waals surface area contributed by atoms with Gasteiger partial charge >= 0.3 is 0 Å². The number of H-pyrrole nitrogens is 1. The van der Waals surface area contributed by atoms with Crippen LogP contribution in [0.5, 0.6) is 11.5 Å².